The molecular weight excluding hydrogens is 256 g/mol. The Morgan fingerprint density at radius 3 is 3.06 bits per heavy atom. The third-order valence-electron chi connectivity index (χ3n) is 2.04. The molecule has 6 heteroatoms. The number of aromatic nitrogens is 1. The van der Waals surface area contributed by atoms with Crippen LogP contribution in [0.25, 0.3) is 0 Å². The summed E-state index contributed by atoms with van der Waals surface area (Å²) >= 11 is 3.00. The van der Waals surface area contributed by atoms with E-state index in [1.807, 2.05) is 17.5 Å². The van der Waals surface area contributed by atoms with Crippen molar-refractivity contribution in [2.45, 2.75) is 13.0 Å². The molecule has 4 nitrogen and oxygen atoms in total. The van der Waals surface area contributed by atoms with Crippen LogP contribution in [0.5, 0.6) is 0 Å². The molecule has 0 saturated carbocycles. The summed E-state index contributed by atoms with van der Waals surface area (Å²) < 4.78 is 5.15. The van der Waals surface area contributed by atoms with Crippen LogP contribution >= 0.6 is 22.7 Å². The van der Waals surface area contributed by atoms with Crippen LogP contribution in [0.15, 0.2) is 22.9 Å². The van der Waals surface area contributed by atoms with Crippen molar-refractivity contribution in [3.63, 3.8) is 0 Å². The van der Waals surface area contributed by atoms with Gasteiger partial charge in [-0.1, -0.05) is 6.07 Å². The SMILES string of the molecule is NCCc1nc(C(=O)OCc2cccs2)cs1. The average molecular weight is 268 g/mol. The summed E-state index contributed by atoms with van der Waals surface area (Å²) in [5, 5.41) is 4.53. The molecule has 0 bridgehead atoms. The lowest BCUT2D eigenvalue weighted by Crippen LogP contribution is -2.06. The highest BCUT2D eigenvalue weighted by atomic mass is 32.1. The minimum Gasteiger partial charge on any atom is -0.455 e. The van der Waals surface area contributed by atoms with E-state index in [0.717, 1.165) is 9.88 Å². The fourth-order valence-electron chi connectivity index (χ4n) is 1.25. The van der Waals surface area contributed by atoms with E-state index in [2.05, 4.69) is 4.98 Å². The quantitative estimate of drug-likeness (QED) is 0.843. The number of carbonyl (C=O) groups is 1. The van der Waals surface area contributed by atoms with Crippen LogP contribution in [-0.2, 0) is 17.8 Å². The van der Waals surface area contributed by atoms with Gasteiger partial charge in [0.15, 0.2) is 5.69 Å². The molecule has 2 N–H and O–H groups in total. The fraction of sp³-hybridized carbons (Fsp3) is 0.273. The van der Waals surface area contributed by atoms with Crippen LogP contribution in [-0.4, -0.2) is 17.5 Å². The molecule has 0 fully saturated rings. The smallest absolute Gasteiger partial charge is 0.358 e. The Labute approximate surface area is 107 Å². The minimum atomic E-state index is -0.377. The number of ether oxygens (including phenoxy) is 1. The van der Waals surface area contributed by atoms with Gasteiger partial charge < -0.3 is 10.5 Å². The Kier molecular flexibility index (Phi) is 4.24. The Morgan fingerprint density at radius 2 is 2.35 bits per heavy atom. The highest BCUT2D eigenvalue weighted by Gasteiger charge is 2.12. The number of hydrogen-bond acceptors (Lipinski definition) is 6. The number of nitrogens with two attached hydrogens (primary N) is 1. The Hall–Kier alpha value is -1.24. The number of rotatable bonds is 5. The van der Waals surface area contributed by atoms with Gasteiger partial charge in [0.25, 0.3) is 0 Å². The minimum absolute atomic E-state index is 0.306. The third kappa shape index (κ3) is 3.36. The zero-order valence-electron chi connectivity index (χ0n) is 9.09. The van der Waals surface area contributed by atoms with E-state index in [4.69, 9.17) is 10.5 Å². The second-order valence-corrected chi connectivity index (χ2v) is 5.30. The summed E-state index contributed by atoms with van der Waals surface area (Å²) in [6.07, 6.45) is 0.697. The fourth-order valence-corrected chi connectivity index (χ4v) is 2.65. The molecule has 0 aromatic carbocycles. The molecule has 0 spiro atoms. The van der Waals surface area contributed by atoms with Crippen LogP contribution in [0.3, 0.4) is 0 Å². The lowest BCUT2D eigenvalue weighted by molar-refractivity contribution is 0.0470. The molecule has 2 aromatic rings. The molecule has 0 unspecified atom stereocenters. The van der Waals surface area contributed by atoms with Crippen molar-refractivity contribution in [2.75, 3.05) is 6.54 Å². The maximum absolute atomic E-state index is 11.7. The molecule has 2 aromatic heterocycles. The molecule has 0 radical (unpaired) electrons. The highest BCUT2D eigenvalue weighted by molar-refractivity contribution is 7.10. The monoisotopic (exact) mass is 268 g/mol. The zero-order chi connectivity index (χ0) is 12.1. The Morgan fingerprint density at radius 1 is 1.47 bits per heavy atom. The molecule has 17 heavy (non-hydrogen) atoms. The van der Waals surface area contributed by atoms with E-state index in [-0.39, 0.29) is 5.97 Å². The normalized spacial score (nSPS) is 10.4. The largest absolute Gasteiger partial charge is 0.455 e. The van der Waals surface area contributed by atoms with Gasteiger partial charge in [-0.3, -0.25) is 0 Å². The van der Waals surface area contributed by atoms with Crippen LogP contribution in [0.1, 0.15) is 20.4 Å². The highest BCUT2D eigenvalue weighted by Crippen LogP contribution is 2.14. The molecule has 0 amide bonds. The lowest BCUT2D eigenvalue weighted by atomic mass is 10.4. The maximum atomic E-state index is 11.7. The van der Waals surface area contributed by atoms with E-state index in [1.165, 1.54) is 11.3 Å². The summed E-state index contributed by atoms with van der Waals surface area (Å²) in [7, 11) is 0. The van der Waals surface area contributed by atoms with Gasteiger partial charge in [-0.2, -0.15) is 0 Å². The summed E-state index contributed by atoms with van der Waals surface area (Å²) in [6, 6.07) is 3.86. The molecule has 2 heterocycles. The number of hydrogen-bond donors (Lipinski definition) is 1. The van der Waals surface area contributed by atoms with E-state index in [1.54, 1.807) is 16.7 Å². The van der Waals surface area contributed by atoms with Crippen LogP contribution in [0.2, 0.25) is 0 Å². The van der Waals surface area contributed by atoms with Gasteiger partial charge >= 0.3 is 5.97 Å². The molecule has 0 aliphatic heterocycles. The van der Waals surface area contributed by atoms with E-state index < -0.39 is 0 Å². The van der Waals surface area contributed by atoms with Crippen molar-refractivity contribution < 1.29 is 9.53 Å². The molecule has 0 atom stereocenters. The van der Waals surface area contributed by atoms with Crippen molar-refractivity contribution in [3.05, 3.63) is 38.5 Å². The third-order valence-corrected chi connectivity index (χ3v) is 3.80. The van der Waals surface area contributed by atoms with E-state index >= 15 is 0 Å². The molecule has 0 aliphatic rings. The Balaban J connectivity index is 1.90. The summed E-state index contributed by atoms with van der Waals surface area (Å²) in [6.45, 7) is 0.845. The van der Waals surface area contributed by atoms with Crippen molar-refractivity contribution >= 4 is 28.6 Å². The predicted molar refractivity (Wildman–Crippen MR) is 68.3 cm³/mol. The van der Waals surface area contributed by atoms with E-state index in [0.29, 0.717) is 25.3 Å². The molecule has 90 valence electrons. The van der Waals surface area contributed by atoms with E-state index in [9.17, 15) is 4.79 Å². The summed E-state index contributed by atoms with van der Waals surface area (Å²) in [5.74, 6) is -0.377. The summed E-state index contributed by atoms with van der Waals surface area (Å²) in [4.78, 5) is 16.8. The van der Waals surface area contributed by atoms with Gasteiger partial charge in [0.1, 0.15) is 6.61 Å². The second-order valence-electron chi connectivity index (χ2n) is 3.32. The van der Waals surface area contributed by atoms with Gasteiger partial charge in [-0.15, -0.1) is 22.7 Å². The molecule has 2 rings (SSSR count). The van der Waals surface area contributed by atoms with Crippen molar-refractivity contribution in [1.82, 2.24) is 4.98 Å². The van der Waals surface area contributed by atoms with Gasteiger partial charge in [0.05, 0.1) is 5.01 Å². The summed E-state index contributed by atoms with van der Waals surface area (Å²) in [5.41, 5.74) is 5.79. The van der Waals surface area contributed by atoms with Gasteiger partial charge in [0, 0.05) is 16.7 Å². The molecular formula is C11H12N2O2S2. The zero-order valence-corrected chi connectivity index (χ0v) is 10.7. The predicted octanol–water partition coefficient (Wildman–Crippen LogP) is 2.06. The lowest BCUT2D eigenvalue weighted by Gasteiger charge is -1.99. The van der Waals surface area contributed by atoms with Gasteiger partial charge in [0.2, 0.25) is 0 Å². The average Bonchev–Trinajstić information content (AvgIpc) is 2.97. The van der Waals surface area contributed by atoms with Crippen molar-refractivity contribution in [3.8, 4) is 0 Å². The van der Waals surface area contributed by atoms with Gasteiger partial charge in [-0.05, 0) is 18.0 Å². The first-order valence-electron chi connectivity index (χ1n) is 5.13. The van der Waals surface area contributed by atoms with Gasteiger partial charge in [-0.25, -0.2) is 9.78 Å². The number of thiazole rings is 1. The van der Waals surface area contributed by atoms with Crippen LogP contribution in [0, 0.1) is 0 Å². The topological polar surface area (TPSA) is 65.2 Å². The first-order valence-corrected chi connectivity index (χ1v) is 6.89. The standard InChI is InChI=1S/C11H12N2O2S2/c12-4-3-10-13-9(7-17-10)11(14)15-6-8-2-1-5-16-8/h1-2,5,7H,3-4,6,12H2. The number of thiophene rings is 1. The molecule has 0 aliphatic carbocycles. The Bertz CT molecular complexity index is 479. The van der Waals surface area contributed by atoms with Crippen LogP contribution < -0.4 is 5.73 Å². The maximum Gasteiger partial charge on any atom is 0.358 e. The first-order chi connectivity index (χ1) is 8.29. The van der Waals surface area contributed by atoms with Crippen LogP contribution in [0.4, 0.5) is 0 Å². The number of carbonyl (C=O) groups excluding carboxylic acids is 1. The second kappa shape index (κ2) is 5.90. The van der Waals surface area contributed by atoms with Crippen molar-refractivity contribution in [1.29, 1.82) is 0 Å². The first kappa shape index (κ1) is 12.2. The van der Waals surface area contributed by atoms with Crippen molar-refractivity contribution in [2.24, 2.45) is 5.73 Å². The number of esters is 1. The molecule has 0 saturated heterocycles. The number of nitrogens with zero attached hydrogens (tertiary/aromatic N) is 1.